The predicted octanol–water partition coefficient (Wildman–Crippen LogP) is 4.00. The van der Waals surface area contributed by atoms with Gasteiger partial charge in [0.05, 0.1) is 7.11 Å². The lowest BCUT2D eigenvalue weighted by Gasteiger charge is -2.27. The van der Waals surface area contributed by atoms with E-state index in [9.17, 15) is 18.8 Å². The van der Waals surface area contributed by atoms with Gasteiger partial charge in [-0.15, -0.1) is 0 Å². The highest BCUT2D eigenvalue weighted by molar-refractivity contribution is 5.98. The molecule has 11 heteroatoms. The minimum Gasteiger partial charge on any atom is -0.493 e. The lowest BCUT2D eigenvalue weighted by molar-refractivity contribution is -0.155. The summed E-state index contributed by atoms with van der Waals surface area (Å²) in [6.45, 7) is 3.81. The Morgan fingerprint density at radius 1 is 1.03 bits per heavy atom. The van der Waals surface area contributed by atoms with Gasteiger partial charge in [-0.2, -0.15) is 0 Å². The van der Waals surface area contributed by atoms with Gasteiger partial charge in [-0.3, -0.25) is 9.59 Å². The quantitative estimate of drug-likeness (QED) is 0.268. The standard InChI is InChI=1S/C28H29FN2O8/c1-17(31-27(33)24-26(37-16-36-19(3)32)23(35-4)13-14-30-24)28(34)38-18(2)25(20-9-6-5-7-10-20)39-22-12-8-11-21(29)15-22/h5-15,17-18,25H,16H2,1-4H3,(H,31,33)/t17-,18-,25-/m0/s1. The van der Waals surface area contributed by atoms with Crippen LogP contribution >= 0.6 is 0 Å². The maximum absolute atomic E-state index is 13.7. The van der Waals surface area contributed by atoms with E-state index in [1.807, 2.05) is 6.07 Å². The first kappa shape index (κ1) is 28.9. The molecule has 3 rings (SSSR count). The molecule has 0 unspecified atom stereocenters. The summed E-state index contributed by atoms with van der Waals surface area (Å²) < 4.78 is 40.7. The number of pyridine rings is 1. The summed E-state index contributed by atoms with van der Waals surface area (Å²) in [4.78, 5) is 41.0. The average Bonchev–Trinajstić information content (AvgIpc) is 2.91. The summed E-state index contributed by atoms with van der Waals surface area (Å²) in [5.74, 6) is -2.18. The molecule has 1 N–H and O–H groups in total. The number of aromatic nitrogens is 1. The first-order chi connectivity index (χ1) is 18.7. The Labute approximate surface area is 225 Å². The second-order valence-corrected chi connectivity index (χ2v) is 8.33. The second-order valence-electron chi connectivity index (χ2n) is 8.33. The fraction of sp³-hybridized carbons (Fsp3) is 0.286. The van der Waals surface area contributed by atoms with Crippen molar-refractivity contribution < 1.29 is 42.5 Å². The number of esters is 2. The van der Waals surface area contributed by atoms with Gasteiger partial charge in [0.1, 0.15) is 23.7 Å². The summed E-state index contributed by atoms with van der Waals surface area (Å²) in [5, 5.41) is 2.52. The number of amides is 1. The molecule has 2 aromatic carbocycles. The Morgan fingerprint density at radius 3 is 2.44 bits per heavy atom. The van der Waals surface area contributed by atoms with Gasteiger partial charge in [-0.25, -0.2) is 14.2 Å². The summed E-state index contributed by atoms with van der Waals surface area (Å²) in [6, 6.07) is 15.0. The molecule has 1 amide bonds. The van der Waals surface area contributed by atoms with E-state index in [-0.39, 0.29) is 22.9 Å². The van der Waals surface area contributed by atoms with Crippen molar-refractivity contribution in [3.63, 3.8) is 0 Å². The summed E-state index contributed by atoms with van der Waals surface area (Å²) in [6.07, 6.45) is -0.257. The van der Waals surface area contributed by atoms with E-state index in [0.29, 0.717) is 5.56 Å². The van der Waals surface area contributed by atoms with Crippen LogP contribution in [0.15, 0.2) is 66.9 Å². The van der Waals surface area contributed by atoms with E-state index >= 15 is 0 Å². The Morgan fingerprint density at radius 2 is 1.77 bits per heavy atom. The number of ether oxygens (including phenoxy) is 5. The fourth-order valence-electron chi connectivity index (χ4n) is 3.50. The highest BCUT2D eigenvalue weighted by atomic mass is 19.1. The third kappa shape index (κ3) is 8.16. The molecule has 0 spiro atoms. The van der Waals surface area contributed by atoms with Crippen LogP contribution in [0.2, 0.25) is 0 Å². The van der Waals surface area contributed by atoms with Crippen molar-refractivity contribution >= 4 is 17.8 Å². The highest BCUT2D eigenvalue weighted by Gasteiger charge is 2.29. The molecular formula is C28H29FN2O8. The Balaban J connectivity index is 1.71. The van der Waals surface area contributed by atoms with Gasteiger partial charge in [0.2, 0.25) is 6.79 Å². The van der Waals surface area contributed by atoms with E-state index in [4.69, 9.17) is 23.7 Å². The Kier molecular flexibility index (Phi) is 10.2. The number of nitrogens with one attached hydrogen (secondary N) is 1. The highest BCUT2D eigenvalue weighted by Crippen LogP contribution is 2.30. The molecule has 0 fully saturated rings. The van der Waals surface area contributed by atoms with Gasteiger partial charge in [0, 0.05) is 25.3 Å². The molecule has 0 aliphatic carbocycles. The molecule has 3 atom stereocenters. The first-order valence-corrected chi connectivity index (χ1v) is 12.0. The van der Waals surface area contributed by atoms with Gasteiger partial charge in [0.15, 0.2) is 23.3 Å². The van der Waals surface area contributed by atoms with Crippen LogP contribution in [0.25, 0.3) is 0 Å². The predicted molar refractivity (Wildman–Crippen MR) is 137 cm³/mol. The topological polar surface area (TPSA) is 122 Å². The number of carbonyl (C=O) groups is 3. The molecule has 1 heterocycles. The van der Waals surface area contributed by atoms with Crippen LogP contribution in [-0.2, 0) is 19.1 Å². The number of benzene rings is 2. The largest absolute Gasteiger partial charge is 0.493 e. The molecule has 3 aromatic rings. The normalized spacial score (nSPS) is 12.8. The van der Waals surface area contributed by atoms with Crippen LogP contribution < -0.4 is 19.5 Å². The number of halogens is 1. The van der Waals surface area contributed by atoms with Gasteiger partial charge in [-0.05, 0) is 31.5 Å². The molecule has 0 saturated heterocycles. The average molecular weight is 541 g/mol. The number of hydrogen-bond donors (Lipinski definition) is 1. The van der Waals surface area contributed by atoms with Crippen molar-refractivity contribution in [2.24, 2.45) is 0 Å². The van der Waals surface area contributed by atoms with Crippen LogP contribution in [0.5, 0.6) is 17.2 Å². The van der Waals surface area contributed by atoms with Gasteiger partial charge >= 0.3 is 11.9 Å². The maximum Gasteiger partial charge on any atom is 0.328 e. The van der Waals surface area contributed by atoms with Gasteiger partial charge in [-0.1, -0.05) is 36.4 Å². The Hall–Kier alpha value is -4.67. The lowest BCUT2D eigenvalue weighted by Crippen LogP contribution is -2.42. The molecule has 10 nitrogen and oxygen atoms in total. The first-order valence-electron chi connectivity index (χ1n) is 12.0. The van der Waals surface area contributed by atoms with Crippen molar-refractivity contribution in [2.75, 3.05) is 13.9 Å². The molecule has 206 valence electrons. The summed E-state index contributed by atoms with van der Waals surface area (Å²) in [7, 11) is 1.37. The van der Waals surface area contributed by atoms with Crippen LogP contribution in [0, 0.1) is 5.82 Å². The van der Waals surface area contributed by atoms with E-state index in [1.54, 1.807) is 37.3 Å². The molecule has 0 aliphatic heterocycles. The maximum atomic E-state index is 13.7. The molecule has 0 saturated carbocycles. The SMILES string of the molecule is COc1ccnc(C(=O)N[C@@H](C)C(=O)O[C@@H](C)[C@H](Oc2cccc(F)c2)c2ccccc2)c1OCOC(C)=O. The van der Waals surface area contributed by atoms with E-state index in [0.717, 1.165) is 0 Å². The molecule has 0 aliphatic rings. The minimum atomic E-state index is -1.10. The van der Waals surface area contributed by atoms with Crippen molar-refractivity contribution in [3.8, 4) is 17.2 Å². The van der Waals surface area contributed by atoms with Gasteiger partial charge < -0.3 is 29.0 Å². The van der Waals surface area contributed by atoms with Crippen LogP contribution in [0.1, 0.15) is 42.9 Å². The number of nitrogens with zero attached hydrogens (tertiary/aromatic N) is 1. The zero-order chi connectivity index (χ0) is 28.4. The van der Waals surface area contributed by atoms with Crippen molar-refractivity contribution in [2.45, 2.75) is 39.0 Å². The number of rotatable bonds is 12. The fourth-order valence-corrected chi connectivity index (χ4v) is 3.50. The third-order valence-corrected chi connectivity index (χ3v) is 5.39. The molecule has 0 radical (unpaired) electrons. The van der Waals surface area contributed by atoms with E-state index in [2.05, 4.69) is 10.3 Å². The number of hydrogen-bond acceptors (Lipinski definition) is 9. The van der Waals surface area contributed by atoms with Crippen molar-refractivity contribution in [1.29, 1.82) is 0 Å². The van der Waals surface area contributed by atoms with Crippen molar-refractivity contribution in [3.05, 3.63) is 83.9 Å². The molecular weight excluding hydrogens is 511 g/mol. The summed E-state index contributed by atoms with van der Waals surface area (Å²) >= 11 is 0. The van der Waals surface area contributed by atoms with E-state index < -0.39 is 48.7 Å². The molecule has 0 bridgehead atoms. The van der Waals surface area contributed by atoms with Crippen LogP contribution in [0.4, 0.5) is 4.39 Å². The Bertz CT molecular complexity index is 1290. The minimum absolute atomic E-state index is 0.0691. The summed E-state index contributed by atoms with van der Waals surface area (Å²) in [5.41, 5.74) is 0.514. The van der Waals surface area contributed by atoms with Crippen LogP contribution in [-0.4, -0.2) is 48.9 Å². The molecule has 1 aromatic heterocycles. The van der Waals surface area contributed by atoms with Gasteiger partial charge in [0.25, 0.3) is 5.91 Å². The lowest BCUT2D eigenvalue weighted by atomic mass is 10.0. The van der Waals surface area contributed by atoms with Crippen LogP contribution in [0.3, 0.4) is 0 Å². The monoisotopic (exact) mass is 540 g/mol. The number of carbonyl (C=O) groups excluding carboxylic acids is 3. The number of methoxy groups -OCH3 is 1. The molecule has 39 heavy (non-hydrogen) atoms. The zero-order valence-electron chi connectivity index (χ0n) is 21.9. The second kappa shape index (κ2) is 13.8. The van der Waals surface area contributed by atoms with E-state index in [1.165, 1.54) is 51.4 Å². The van der Waals surface area contributed by atoms with Crippen molar-refractivity contribution in [1.82, 2.24) is 10.3 Å². The zero-order valence-corrected chi connectivity index (χ0v) is 21.9. The third-order valence-electron chi connectivity index (χ3n) is 5.39. The smallest absolute Gasteiger partial charge is 0.328 e.